The van der Waals surface area contributed by atoms with Crippen molar-refractivity contribution >= 4 is 28.4 Å². The number of carbonyl (C=O) groups is 2. The molecule has 1 aliphatic rings. The molecular weight excluding hydrogens is 387 g/mol. The van der Waals surface area contributed by atoms with Crippen molar-refractivity contribution in [2.24, 2.45) is 0 Å². The molecule has 0 unspecified atom stereocenters. The predicted octanol–water partition coefficient (Wildman–Crippen LogP) is 2.85. The lowest BCUT2D eigenvalue weighted by molar-refractivity contribution is -0.116. The van der Waals surface area contributed by atoms with Crippen LogP contribution < -0.4 is 16.2 Å². The second-order valence-corrected chi connectivity index (χ2v) is 7.39. The highest BCUT2D eigenvalue weighted by molar-refractivity contribution is 6.03. The molecule has 1 fully saturated rings. The second-order valence-electron chi connectivity index (χ2n) is 7.39. The number of benzene rings is 2. The van der Waals surface area contributed by atoms with Crippen LogP contribution in [0.5, 0.6) is 0 Å². The summed E-state index contributed by atoms with van der Waals surface area (Å²) in [6.07, 6.45) is 5.33. The van der Waals surface area contributed by atoms with Gasteiger partial charge >= 0.3 is 0 Å². The smallest absolute Gasteiger partial charge is 0.261 e. The minimum atomic E-state index is -0.489. The van der Waals surface area contributed by atoms with Crippen molar-refractivity contribution in [2.75, 3.05) is 5.32 Å². The van der Waals surface area contributed by atoms with Crippen LogP contribution in [0.25, 0.3) is 10.9 Å². The fraction of sp³-hybridized carbons (Fsp3) is 0.273. The molecule has 1 aliphatic carbocycles. The van der Waals surface area contributed by atoms with E-state index < -0.39 is 17.3 Å². The predicted molar refractivity (Wildman–Crippen MR) is 111 cm³/mol. The van der Waals surface area contributed by atoms with E-state index in [0.717, 1.165) is 30.3 Å². The molecule has 0 saturated heterocycles. The average molecular weight is 408 g/mol. The quantitative estimate of drug-likeness (QED) is 0.679. The number of aromatic nitrogens is 2. The van der Waals surface area contributed by atoms with E-state index in [1.807, 2.05) is 0 Å². The van der Waals surface area contributed by atoms with Crippen LogP contribution >= 0.6 is 0 Å². The summed E-state index contributed by atoms with van der Waals surface area (Å²) in [6, 6.07) is 10.6. The zero-order chi connectivity index (χ0) is 21.1. The molecule has 1 aromatic heterocycles. The van der Waals surface area contributed by atoms with E-state index in [-0.39, 0.29) is 29.4 Å². The summed E-state index contributed by atoms with van der Waals surface area (Å²) in [4.78, 5) is 41.8. The number of halogens is 1. The van der Waals surface area contributed by atoms with Crippen molar-refractivity contribution in [3.05, 3.63) is 70.5 Å². The van der Waals surface area contributed by atoms with E-state index in [0.29, 0.717) is 11.3 Å². The zero-order valence-electron chi connectivity index (χ0n) is 16.2. The second kappa shape index (κ2) is 8.44. The van der Waals surface area contributed by atoms with Crippen LogP contribution in [-0.4, -0.2) is 27.4 Å². The molecule has 0 aliphatic heterocycles. The van der Waals surface area contributed by atoms with Crippen LogP contribution in [0.2, 0.25) is 0 Å². The van der Waals surface area contributed by atoms with Crippen LogP contribution in [0.4, 0.5) is 10.1 Å². The van der Waals surface area contributed by atoms with Crippen molar-refractivity contribution in [3.8, 4) is 0 Å². The number of nitrogens with zero attached hydrogens (tertiary/aromatic N) is 2. The van der Waals surface area contributed by atoms with Gasteiger partial charge in [0, 0.05) is 12.1 Å². The Balaban J connectivity index is 1.50. The maximum Gasteiger partial charge on any atom is 0.261 e. The van der Waals surface area contributed by atoms with E-state index in [9.17, 15) is 18.8 Å². The van der Waals surface area contributed by atoms with Crippen LogP contribution in [0.1, 0.15) is 36.0 Å². The summed E-state index contributed by atoms with van der Waals surface area (Å²) in [5, 5.41) is 5.93. The topological polar surface area (TPSA) is 93.1 Å². The summed E-state index contributed by atoms with van der Waals surface area (Å²) < 4.78 is 14.5. The summed E-state index contributed by atoms with van der Waals surface area (Å²) in [5.74, 6) is -1.19. The third kappa shape index (κ3) is 4.22. The molecule has 2 amide bonds. The Kier molecular flexibility index (Phi) is 5.56. The standard InChI is InChI=1S/C22H21FN4O3/c23-14-9-10-17-19(11-14)24-13-27(22(17)30)12-20(28)26-18-8-4-3-7-16(18)21(29)25-15-5-1-2-6-15/h3-4,7-11,13,15H,1-2,5-6,12H2,(H,25,29)(H,26,28). The van der Waals surface area contributed by atoms with Crippen molar-refractivity contribution in [1.29, 1.82) is 0 Å². The number of anilines is 1. The first-order valence-electron chi connectivity index (χ1n) is 9.86. The molecule has 8 heteroatoms. The van der Waals surface area contributed by atoms with E-state index in [2.05, 4.69) is 15.6 Å². The third-order valence-corrected chi connectivity index (χ3v) is 5.24. The van der Waals surface area contributed by atoms with Crippen molar-refractivity contribution in [2.45, 2.75) is 38.3 Å². The van der Waals surface area contributed by atoms with E-state index in [4.69, 9.17) is 0 Å². The Hall–Kier alpha value is -3.55. The van der Waals surface area contributed by atoms with Gasteiger partial charge in [0.15, 0.2) is 0 Å². The Bertz CT molecular complexity index is 1170. The molecule has 1 heterocycles. The van der Waals surface area contributed by atoms with E-state index in [1.54, 1.807) is 24.3 Å². The summed E-state index contributed by atoms with van der Waals surface area (Å²) in [7, 11) is 0. The molecule has 154 valence electrons. The van der Waals surface area contributed by atoms with Gasteiger partial charge in [0.2, 0.25) is 5.91 Å². The van der Waals surface area contributed by atoms with Crippen molar-refractivity contribution in [3.63, 3.8) is 0 Å². The molecular formula is C22H21FN4O3. The average Bonchev–Trinajstić information content (AvgIpc) is 3.23. The summed E-state index contributed by atoms with van der Waals surface area (Å²) in [5.41, 5.74) is 0.534. The van der Waals surface area contributed by atoms with Crippen molar-refractivity contribution < 1.29 is 14.0 Å². The van der Waals surface area contributed by atoms with Gasteiger partial charge in [0.25, 0.3) is 11.5 Å². The van der Waals surface area contributed by atoms with Gasteiger partial charge in [-0.3, -0.25) is 19.0 Å². The Labute approximate surface area is 171 Å². The highest BCUT2D eigenvalue weighted by Crippen LogP contribution is 2.20. The molecule has 0 spiro atoms. The largest absolute Gasteiger partial charge is 0.349 e. The first kappa shape index (κ1) is 19.8. The first-order valence-corrected chi connectivity index (χ1v) is 9.86. The Morgan fingerprint density at radius 1 is 1.13 bits per heavy atom. The number of para-hydroxylation sites is 1. The molecule has 0 atom stereocenters. The molecule has 30 heavy (non-hydrogen) atoms. The third-order valence-electron chi connectivity index (χ3n) is 5.24. The van der Waals surface area contributed by atoms with Gasteiger partial charge in [-0.05, 0) is 37.1 Å². The van der Waals surface area contributed by atoms with Gasteiger partial charge in [-0.15, -0.1) is 0 Å². The number of rotatable bonds is 5. The minimum Gasteiger partial charge on any atom is -0.349 e. The lowest BCUT2D eigenvalue weighted by Gasteiger charge is -2.15. The van der Waals surface area contributed by atoms with Gasteiger partial charge < -0.3 is 10.6 Å². The summed E-state index contributed by atoms with van der Waals surface area (Å²) >= 11 is 0. The molecule has 1 saturated carbocycles. The van der Waals surface area contributed by atoms with Gasteiger partial charge in [-0.25, -0.2) is 9.37 Å². The number of amides is 2. The fourth-order valence-corrected chi connectivity index (χ4v) is 3.71. The molecule has 0 radical (unpaired) electrons. The lowest BCUT2D eigenvalue weighted by atomic mass is 10.1. The van der Waals surface area contributed by atoms with Crippen LogP contribution in [0, 0.1) is 5.82 Å². The van der Waals surface area contributed by atoms with Gasteiger partial charge in [-0.1, -0.05) is 25.0 Å². The fourth-order valence-electron chi connectivity index (χ4n) is 3.71. The van der Waals surface area contributed by atoms with E-state index in [1.165, 1.54) is 24.5 Å². The number of fused-ring (bicyclic) bond motifs is 1. The van der Waals surface area contributed by atoms with E-state index >= 15 is 0 Å². The van der Waals surface area contributed by atoms with Crippen LogP contribution in [-0.2, 0) is 11.3 Å². The minimum absolute atomic E-state index is 0.161. The monoisotopic (exact) mass is 408 g/mol. The highest BCUT2D eigenvalue weighted by atomic mass is 19.1. The number of hydrogen-bond donors (Lipinski definition) is 2. The maximum atomic E-state index is 13.3. The molecule has 2 aromatic carbocycles. The lowest BCUT2D eigenvalue weighted by Crippen LogP contribution is -2.33. The highest BCUT2D eigenvalue weighted by Gasteiger charge is 2.20. The summed E-state index contributed by atoms with van der Waals surface area (Å²) in [6.45, 7) is -0.280. The number of nitrogens with one attached hydrogen (secondary N) is 2. The van der Waals surface area contributed by atoms with Gasteiger partial charge in [0.05, 0.1) is 28.5 Å². The maximum absolute atomic E-state index is 13.3. The Morgan fingerprint density at radius 3 is 2.70 bits per heavy atom. The number of hydrogen-bond acceptors (Lipinski definition) is 4. The molecule has 4 rings (SSSR count). The molecule has 7 nitrogen and oxygen atoms in total. The number of carbonyl (C=O) groups excluding carboxylic acids is 2. The zero-order valence-corrected chi connectivity index (χ0v) is 16.2. The molecule has 2 N–H and O–H groups in total. The molecule has 0 bridgehead atoms. The van der Waals surface area contributed by atoms with Crippen LogP contribution in [0.15, 0.2) is 53.6 Å². The van der Waals surface area contributed by atoms with Crippen molar-refractivity contribution in [1.82, 2.24) is 14.9 Å². The Morgan fingerprint density at radius 2 is 1.90 bits per heavy atom. The molecule has 3 aromatic rings. The van der Waals surface area contributed by atoms with Crippen LogP contribution in [0.3, 0.4) is 0 Å². The normalized spacial score (nSPS) is 14.0. The van der Waals surface area contributed by atoms with Gasteiger partial charge in [0.1, 0.15) is 12.4 Å². The van der Waals surface area contributed by atoms with Gasteiger partial charge in [-0.2, -0.15) is 0 Å². The SMILES string of the molecule is O=C(Cn1cnc2cc(F)ccc2c1=O)Nc1ccccc1C(=O)NC1CCCC1. The first-order chi connectivity index (χ1) is 14.5.